The highest BCUT2D eigenvalue weighted by Gasteiger charge is 2.24. The van der Waals surface area contributed by atoms with Gasteiger partial charge in [0, 0.05) is 25.9 Å². The lowest BCUT2D eigenvalue weighted by Crippen LogP contribution is -2.36. The molecule has 0 radical (unpaired) electrons. The second-order valence-corrected chi connectivity index (χ2v) is 4.26. The molecule has 0 spiro atoms. The van der Waals surface area contributed by atoms with Crippen LogP contribution in [0.5, 0.6) is 0 Å². The Bertz CT molecular complexity index is 456. The Labute approximate surface area is 100 Å². The van der Waals surface area contributed by atoms with Crippen molar-refractivity contribution in [3.8, 4) is 6.07 Å². The van der Waals surface area contributed by atoms with Gasteiger partial charge in [-0.25, -0.2) is 0 Å². The molecule has 0 bridgehead atoms. The van der Waals surface area contributed by atoms with Crippen LogP contribution >= 0.6 is 0 Å². The predicted molar refractivity (Wildman–Crippen MR) is 62.4 cm³/mol. The Morgan fingerprint density at radius 2 is 2.18 bits per heavy atom. The summed E-state index contributed by atoms with van der Waals surface area (Å²) in [5.74, 6) is 0.934. The van der Waals surface area contributed by atoms with Crippen molar-refractivity contribution in [3.05, 3.63) is 17.8 Å². The lowest BCUT2D eigenvalue weighted by atomic mass is 9.93. The molecule has 5 nitrogen and oxygen atoms in total. The van der Waals surface area contributed by atoms with E-state index in [0.717, 1.165) is 12.8 Å². The lowest BCUT2D eigenvalue weighted by molar-refractivity contribution is -0.120. The molecule has 1 heterocycles. The zero-order chi connectivity index (χ0) is 12.3. The van der Waals surface area contributed by atoms with Gasteiger partial charge in [0.25, 0.3) is 0 Å². The van der Waals surface area contributed by atoms with Gasteiger partial charge in [-0.3, -0.25) is 4.79 Å². The molecule has 1 aromatic heterocycles. The van der Waals surface area contributed by atoms with Crippen LogP contribution in [-0.2, 0) is 4.79 Å². The number of hydrogen-bond acceptors (Lipinski definition) is 5. The largest absolute Gasteiger partial charge is 0.354 e. The summed E-state index contributed by atoms with van der Waals surface area (Å²) in [6, 6.07) is 4.05. The summed E-state index contributed by atoms with van der Waals surface area (Å²) in [4.78, 5) is 13.2. The predicted octanol–water partition coefficient (Wildman–Crippen LogP) is 1.30. The maximum Gasteiger partial charge on any atom is 0.169 e. The topological polar surface area (TPSA) is 69.9 Å². The van der Waals surface area contributed by atoms with Crippen LogP contribution in [0.1, 0.15) is 31.2 Å². The van der Waals surface area contributed by atoms with Crippen LogP contribution in [0.4, 0.5) is 5.82 Å². The third-order valence-corrected chi connectivity index (χ3v) is 3.22. The third kappa shape index (κ3) is 2.41. The fourth-order valence-electron chi connectivity index (χ4n) is 2.16. The molecule has 1 aromatic rings. The summed E-state index contributed by atoms with van der Waals surface area (Å²) in [5, 5.41) is 16.8. The first-order valence-electron chi connectivity index (χ1n) is 5.68. The van der Waals surface area contributed by atoms with Crippen molar-refractivity contribution in [2.24, 2.45) is 0 Å². The van der Waals surface area contributed by atoms with Gasteiger partial charge in [-0.05, 0) is 18.9 Å². The van der Waals surface area contributed by atoms with Crippen molar-refractivity contribution in [1.29, 1.82) is 5.26 Å². The molecule has 1 saturated carbocycles. The van der Waals surface area contributed by atoms with Crippen molar-refractivity contribution in [2.45, 2.75) is 31.7 Å². The van der Waals surface area contributed by atoms with E-state index < -0.39 is 0 Å². The number of ketones is 1. The SMILES string of the molecule is CN(c1nnccc1C#N)C1CCC(=O)CC1. The van der Waals surface area contributed by atoms with Gasteiger partial charge in [0.2, 0.25) is 0 Å². The molecule has 2 rings (SSSR count). The summed E-state index contributed by atoms with van der Waals surface area (Å²) >= 11 is 0. The minimum Gasteiger partial charge on any atom is -0.354 e. The quantitative estimate of drug-likeness (QED) is 0.765. The maximum atomic E-state index is 11.2. The van der Waals surface area contributed by atoms with E-state index in [1.54, 1.807) is 6.07 Å². The van der Waals surface area contributed by atoms with Crippen molar-refractivity contribution < 1.29 is 4.79 Å². The second kappa shape index (κ2) is 4.91. The molecule has 1 aliphatic rings. The molecular weight excluding hydrogens is 216 g/mol. The van der Waals surface area contributed by atoms with Gasteiger partial charge in [-0.15, -0.1) is 5.10 Å². The van der Waals surface area contributed by atoms with E-state index in [1.807, 2.05) is 11.9 Å². The Morgan fingerprint density at radius 3 is 2.82 bits per heavy atom. The molecule has 1 fully saturated rings. The van der Waals surface area contributed by atoms with E-state index in [1.165, 1.54) is 6.20 Å². The Balaban J connectivity index is 2.17. The fraction of sp³-hybridized carbons (Fsp3) is 0.500. The average molecular weight is 230 g/mol. The first-order valence-corrected chi connectivity index (χ1v) is 5.68. The summed E-state index contributed by atoms with van der Waals surface area (Å²) < 4.78 is 0. The van der Waals surface area contributed by atoms with Gasteiger partial charge in [0.1, 0.15) is 11.9 Å². The molecule has 0 N–H and O–H groups in total. The number of nitrogens with zero attached hydrogens (tertiary/aromatic N) is 4. The van der Waals surface area contributed by atoms with Gasteiger partial charge in [0.15, 0.2) is 5.82 Å². The second-order valence-electron chi connectivity index (χ2n) is 4.26. The highest BCUT2D eigenvalue weighted by Crippen LogP contribution is 2.24. The minimum absolute atomic E-state index is 0.275. The molecule has 88 valence electrons. The van der Waals surface area contributed by atoms with Gasteiger partial charge in [-0.2, -0.15) is 10.4 Å². The van der Waals surface area contributed by atoms with Crippen molar-refractivity contribution >= 4 is 11.6 Å². The number of rotatable bonds is 2. The zero-order valence-electron chi connectivity index (χ0n) is 9.76. The summed E-state index contributed by atoms with van der Waals surface area (Å²) in [7, 11) is 1.91. The third-order valence-electron chi connectivity index (χ3n) is 3.22. The molecule has 1 aliphatic carbocycles. The normalized spacial score (nSPS) is 16.6. The van der Waals surface area contributed by atoms with Gasteiger partial charge >= 0.3 is 0 Å². The summed E-state index contributed by atoms with van der Waals surface area (Å²) in [5.41, 5.74) is 0.527. The number of aromatic nitrogens is 2. The Hall–Kier alpha value is -1.96. The molecule has 5 heteroatoms. The van der Waals surface area contributed by atoms with E-state index in [0.29, 0.717) is 30.0 Å². The van der Waals surface area contributed by atoms with Crippen LogP contribution in [0.2, 0.25) is 0 Å². The maximum absolute atomic E-state index is 11.2. The molecule has 0 unspecified atom stereocenters. The fourth-order valence-corrected chi connectivity index (χ4v) is 2.16. The number of carbonyl (C=O) groups excluding carboxylic acids is 1. The lowest BCUT2D eigenvalue weighted by Gasteiger charge is -2.31. The number of anilines is 1. The summed E-state index contributed by atoms with van der Waals surface area (Å²) in [6.07, 6.45) is 4.42. The highest BCUT2D eigenvalue weighted by atomic mass is 16.1. The van der Waals surface area contributed by atoms with Gasteiger partial charge < -0.3 is 4.90 Å². The monoisotopic (exact) mass is 230 g/mol. The average Bonchev–Trinajstić information content (AvgIpc) is 2.39. The van der Waals surface area contributed by atoms with Crippen LogP contribution in [0.25, 0.3) is 0 Å². The Kier molecular flexibility index (Phi) is 3.33. The first kappa shape index (κ1) is 11.5. The van der Waals surface area contributed by atoms with E-state index in [9.17, 15) is 4.79 Å². The van der Waals surface area contributed by atoms with Crippen molar-refractivity contribution in [3.63, 3.8) is 0 Å². The van der Waals surface area contributed by atoms with Gasteiger partial charge in [-0.1, -0.05) is 0 Å². The molecule has 0 atom stereocenters. The zero-order valence-corrected chi connectivity index (χ0v) is 9.76. The number of carbonyl (C=O) groups is 1. The highest BCUT2D eigenvalue weighted by molar-refractivity contribution is 5.79. The standard InChI is InChI=1S/C12H14N4O/c1-16(10-2-4-11(17)5-3-10)12-9(8-13)6-7-14-15-12/h6-7,10H,2-5H2,1H3. The smallest absolute Gasteiger partial charge is 0.169 e. The first-order chi connectivity index (χ1) is 8.22. The van der Waals surface area contributed by atoms with Crippen LogP contribution in [0, 0.1) is 11.3 Å². The van der Waals surface area contributed by atoms with E-state index >= 15 is 0 Å². The summed E-state index contributed by atoms with van der Waals surface area (Å²) in [6.45, 7) is 0. The number of nitriles is 1. The molecule has 0 amide bonds. The molecule has 17 heavy (non-hydrogen) atoms. The van der Waals surface area contributed by atoms with Crippen molar-refractivity contribution in [2.75, 3.05) is 11.9 Å². The number of hydrogen-bond donors (Lipinski definition) is 0. The minimum atomic E-state index is 0.275. The van der Waals surface area contributed by atoms with E-state index in [4.69, 9.17) is 5.26 Å². The van der Waals surface area contributed by atoms with Crippen LogP contribution in [0.3, 0.4) is 0 Å². The van der Waals surface area contributed by atoms with Gasteiger partial charge in [0.05, 0.1) is 11.8 Å². The van der Waals surface area contributed by atoms with Crippen LogP contribution < -0.4 is 4.90 Å². The van der Waals surface area contributed by atoms with Crippen molar-refractivity contribution in [1.82, 2.24) is 10.2 Å². The van der Waals surface area contributed by atoms with E-state index in [2.05, 4.69) is 16.3 Å². The Morgan fingerprint density at radius 1 is 1.47 bits per heavy atom. The van der Waals surface area contributed by atoms with Crippen LogP contribution in [-0.4, -0.2) is 29.1 Å². The molecular formula is C12H14N4O. The van der Waals surface area contributed by atoms with Crippen LogP contribution in [0.15, 0.2) is 12.3 Å². The molecule has 0 aromatic carbocycles. The number of Topliss-reactive ketones (excluding diaryl/α,β-unsaturated/α-hetero) is 1. The molecule has 0 saturated heterocycles. The van der Waals surface area contributed by atoms with E-state index in [-0.39, 0.29) is 6.04 Å². The molecule has 0 aliphatic heterocycles.